The number of fused-ring (bicyclic) bond motifs is 5. The maximum atomic E-state index is 12.8. The Balaban J connectivity index is 1.32. The fraction of sp³-hybridized carbons (Fsp3) is 0.440. The van der Waals surface area contributed by atoms with E-state index in [1.807, 2.05) is 25.2 Å². The molecule has 3 aromatic heterocycles. The number of nitrogens with one attached hydrogen (secondary N) is 1. The van der Waals surface area contributed by atoms with Crippen molar-refractivity contribution in [3.63, 3.8) is 0 Å². The monoisotopic (exact) mass is 477 g/mol. The van der Waals surface area contributed by atoms with Crippen molar-refractivity contribution in [1.82, 2.24) is 19.6 Å². The average Bonchev–Trinajstić information content (AvgIpc) is 3.43. The van der Waals surface area contributed by atoms with Crippen LogP contribution < -0.4 is 5.32 Å². The Morgan fingerprint density at radius 2 is 1.91 bits per heavy atom. The minimum Gasteiger partial charge on any atom is -0.325 e. The number of nitrogens with zero attached hydrogens (tertiary/aromatic N) is 4. The van der Waals surface area contributed by atoms with Gasteiger partial charge in [-0.3, -0.25) is 9.20 Å². The number of rotatable bonds is 5. The summed E-state index contributed by atoms with van der Waals surface area (Å²) in [5.74, 6) is 1.80. The van der Waals surface area contributed by atoms with Gasteiger partial charge in [0.05, 0.1) is 11.1 Å². The van der Waals surface area contributed by atoms with E-state index in [4.69, 9.17) is 4.98 Å². The lowest BCUT2D eigenvalue weighted by Gasteiger charge is -2.13. The number of carbonyl (C=O) groups excluding carboxylic acids is 1. The number of carbonyl (C=O) groups is 1. The predicted octanol–water partition coefficient (Wildman–Crippen LogP) is 5.75. The molecule has 2 aliphatic rings. The van der Waals surface area contributed by atoms with Crippen molar-refractivity contribution in [1.29, 1.82) is 0 Å². The van der Waals surface area contributed by atoms with Gasteiger partial charge in [0.15, 0.2) is 10.8 Å². The molecule has 3 heterocycles. The van der Waals surface area contributed by atoms with Crippen LogP contribution in [0.3, 0.4) is 0 Å². The predicted molar refractivity (Wildman–Crippen MR) is 135 cm³/mol. The molecule has 4 aromatic rings. The van der Waals surface area contributed by atoms with Gasteiger partial charge in [-0.2, -0.15) is 0 Å². The number of aryl methyl sites for hydroxylation is 5. The van der Waals surface area contributed by atoms with E-state index in [-0.39, 0.29) is 11.7 Å². The van der Waals surface area contributed by atoms with Crippen LogP contribution in [0.25, 0.3) is 15.9 Å². The molecule has 0 saturated heterocycles. The molecule has 1 aromatic carbocycles. The SMILES string of the molecule is Cc1cc(C)c(NC(=O)CSc2nnc3c4c5c(sc4nc(C4CC4)n23)CCCC5)c(C)c1. The minimum atomic E-state index is -0.0262. The van der Waals surface area contributed by atoms with Crippen molar-refractivity contribution >= 4 is 50.6 Å². The zero-order chi connectivity index (χ0) is 22.7. The molecule has 0 unspecified atom stereocenters. The summed E-state index contributed by atoms with van der Waals surface area (Å²) in [7, 11) is 0. The standard InChI is InChI=1S/C25H27N5OS2/c1-13-10-14(2)21(15(3)11-13)26-19(31)12-32-25-29-28-23-20-17-6-4-5-7-18(17)33-24(20)27-22(30(23)25)16-8-9-16/h10-11,16H,4-9,12H2,1-3H3,(H,26,31). The second kappa shape index (κ2) is 8.09. The van der Waals surface area contributed by atoms with Gasteiger partial charge < -0.3 is 5.32 Å². The van der Waals surface area contributed by atoms with Crippen LogP contribution in [0.1, 0.15) is 64.6 Å². The molecule has 1 N–H and O–H groups in total. The number of thiophene rings is 1. The van der Waals surface area contributed by atoms with E-state index in [1.165, 1.54) is 46.0 Å². The van der Waals surface area contributed by atoms with E-state index in [0.717, 1.165) is 64.0 Å². The number of hydrogen-bond donors (Lipinski definition) is 1. The van der Waals surface area contributed by atoms with E-state index in [9.17, 15) is 4.79 Å². The third kappa shape index (κ3) is 3.73. The highest BCUT2D eigenvalue weighted by Gasteiger charge is 2.32. The molecule has 1 fully saturated rings. The van der Waals surface area contributed by atoms with Crippen LogP contribution in [-0.4, -0.2) is 31.2 Å². The molecule has 8 heteroatoms. The van der Waals surface area contributed by atoms with Gasteiger partial charge >= 0.3 is 0 Å². The molecule has 170 valence electrons. The van der Waals surface area contributed by atoms with Crippen molar-refractivity contribution in [3.8, 4) is 0 Å². The molecular weight excluding hydrogens is 450 g/mol. The van der Waals surface area contributed by atoms with Gasteiger partial charge in [0.2, 0.25) is 5.91 Å². The smallest absolute Gasteiger partial charge is 0.234 e. The fourth-order valence-corrected chi connectivity index (χ4v) is 7.05. The fourth-order valence-electron chi connectivity index (χ4n) is 5.04. The molecule has 0 bridgehead atoms. The summed E-state index contributed by atoms with van der Waals surface area (Å²) in [6.07, 6.45) is 7.05. The Morgan fingerprint density at radius 3 is 2.67 bits per heavy atom. The minimum absolute atomic E-state index is 0.0262. The summed E-state index contributed by atoms with van der Waals surface area (Å²) in [5.41, 5.74) is 6.63. The summed E-state index contributed by atoms with van der Waals surface area (Å²) in [6.45, 7) is 6.15. The maximum absolute atomic E-state index is 12.8. The normalized spacial score (nSPS) is 15.8. The highest BCUT2D eigenvalue weighted by molar-refractivity contribution is 7.99. The lowest BCUT2D eigenvalue weighted by molar-refractivity contribution is -0.113. The molecule has 0 radical (unpaired) electrons. The van der Waals surface area contributed by atoms with Crippen LogP contribution in [0.4, 0.5) is 5.69 Å². The van der Waals surface area contributed by atoms with Crippen LogP contribution in [0, 0.1) is 20.8 Å². The molecule has 1 amide bonds. The van der Waals surface area contributed by atoms with Crippen LogP contribution in [0.15, 0.2) is 17.3 Å². The van der Waals surface area contributed by atoms with Crippen LogP contribution in [0.5, 0.6) is 0 Å². The molecule has 0 spiro atoms. The lowest BCUT2D eigenvalue weighted by atomic mass is 9.97. The van der Waals surface area contributed by atoms with E-state index in [1.54, 1.807) is 0 Å². The summed E-state index contributed by atoms with van der Waals surface area (Å²) in [5, 5.41) is 14.2. The van der Waals surface area contributed by atoms with Gasteiger partial charge in [0, 0.05) is 16.5 Å². The zero-order valence-corrected chi connectivity index (χ0v) is 20.8. The topological polar surface area (TPSA) is 72.2 Å². The third-order valence-corrected chi connectivity index (χ3v) is 8.79. The summed E-state index contributed by atoms with van der Waals surface area (Å²) < 4.78 is 2.14. The van der Waals surface area contributed by atoms with Gasteiger partial charge in [-0.05, 0) is 76.0 Å². The molecule has 6 rings (SSSR count). The first kappa shape index (κ1) is 21.1. The summed E-state index contributed by atoms with van der Waals surface area (Å²) in [4.78, 5) is 20.5. The molecule has 0 aliphatic heterocycles. The quantitative estimate of drug-likeness (QED) is 0.371. The molecular formula is C25H27N5OS2. The number of anilines is 1. The molecule has 0 atom stereocenters. The van der Waals surface area contributed by atoms with E-state index < -0.39 is 0 Å². The lowest BCUT2D eigenvalue weighted by Crippen LogP contribution is -2.16. The number of hydrogen-bond acceptors (Lipinski definition) is 6. The molecule has 33 heavy (non-hydrogen) atoms. The van der Waals surface area contributed by atoms with Gasteiger partial charge in [0.25, 0.3) is 0 Å². The Bertz CT molecular complexity index is 1390. The van der Waals surface area contributed by atoms with Gasteiger partial charge in [-0.1, -0.05) is 29.5 Å². The van der Waals surface area contributed by atoms with Gasteiger partial charge in [-0.15, -0.1) is 21.5 Å². The molecule has 6 nitrogen and oxygen atoms in total. The summed E-state index contributed by atoms with van der Waals surface area (Å²) >= 11 is 3.29. The van der Waals surface area contributed by atoms with E-state index >= 15 is 0 Å². The zero-order valence-electron chi connectivity index (χ0n) is 19.2. The van der Waals surface area contributed by atoms with E-state index in [0.29, 0.717) is 5.92 Å². The van der Waals surface area contributed by atoms with Crippen molar-refractivity contribution in [2.45, 2.75) is 70.4 Å². The van der Waals surface area contributed by atoms with Crippen LogP contribution in [0.2, 0.25) is 0 Å². The number of amides is 1. The summed E-state index contributed by atoms with van der Waals surface area (Å²) in [6, 6.07) is 4.20. The van der Waals surface area contributed by atoms with Crippen molar-refractivity contribution in [2.24, 2.45) is 0 Å². The largest absolute Gasteiger partial charge is 0.325 e. The third-order valence-electron chi connectivity index (χ3n) is 6.67. The van der Waals surface area contributed by atoms with Crippen molar-refractivity contribution in [2.75, 3.05) is 11.1 Å². The first-order chi connectivity index (χ1) is 16.0. The Hall–Kier alpha value is -2.45. The van der Waals surface area contributed by atoms with Crippen molar-refractivity contribution in [3.05, 3.63) is 45.1 Å². The van der Waals surface area contributed by atoms with E-state index in [2.05, 4.69) is 39.0 Å². The maximum Gasteiger partial charge on any atom is 0.234 e. The molecule has 2 aliphatic carbocycles. The number of aromatic nitrogens is 4. The highest BCUT2D eigenvalue weighted by atomic mass is 32.2. The van der Waals surface area contributed by atoms with Gasteiger partial charge in [-0.25, -0.2) is 4.98 Å². The Kier molecular flexibility index (Phi) is 5.18. The Labute approximate surface area is 201 Å². The van der Waals surface area contributed by atoms with Crippen LogP contribution >= 0.6 is 23.1 Å². The van der Waals surface area contributed by atoms with Crippen LogP contribution in [-0.2, 0) is 17.6 Å². The van der Waals surface area contributed by atoms with Crippen molar-refractivity contribution < 1.29 is 4.79 Å². The Morgan fingerprint density at radius 1 is 1.15 bits per heavy atom. The highest BCUT2D eigenvalue weighted by Crippen LogP contribution is 2.44. The number of benzene rings is 1. The first-order valence-electron chi connectivity index (χ1n) is 11.7. The van der Waals surface area contributed by atoms with Gasteiger partial charge in [0.1, 0.15) is 10.7 Å². The average molecular weight is 478 g/mol. The first-order valence-corrected chi connectivity index (χ1v) is 13.5. The second-order valence-corrected chi connectivity index (χ2v) is 11.4. The molecule has 1 saturated carbocycles. The number of thioether (sulfide) groups is 1. The second-order valence-electron chi connectivity index (χ2n) is 9.39.